The van der Waals surface area contributed by atoms with Crippen LogP contribution in [0.3, 0.4) is 0 Å². The molecule has 7 heteroatoms. The lowest BCUT2D eigenvalue weighted by atomic mass is 10.2. The van der Waals surface area contributed by atoms with E-state index in [0.717, 1.165) is 5.56 Å². The highest BCUT2D eigenvalue weighted by Gasteiger charge is 2.27. The summed E-state index contributed by atoms with van der Waals surface area (Å²) >= 11 is 6.76. The normalized spacial score (nSPS) is 17.1. The van der Waals surface area contributed by atoms with Gasteiger partial charge in [0.1, 0.15) is 5.75 Å². The number of alkyl halides is 2. The molecule has 0 aliphatic carbocycles. The summed E-state index contributed by atoms with van der Waals surface area (Å²) < 4.78 is 23.7. The van der Waals surface area contributed by atoms with E-state index in [2.05, 4.69) is 31.9 Å². The smallest absolute Gasteiger partial charge is 0.331 e. The van der Waals surface area contributed by atoms with Gasteiger partial charge in [0.15, 0.2) is 0 Å². The largest absolute Gasteiger partial charge is 0.508 e. The Kier molecular flexibility index (Phi) is 8.50. The zero-order chi connectivity index (χ0) is 15.9. The van der Waals surface area contributed by atoms with Crippen molar-refractivity contribution in [3.63, 3.8) is 0 Å². The second-order valence-corrected chi connectivity index (χ2v) is 10.1. The van der Waals surface area contributed by atoms with E-state index in [0.29, 0.717) is 25.8 Å². The first-order chi connectivity index (χ1) is 9.81. The monoisotopic (exact) mass is 442 g/mol. The van der Waals surface area contributed by atoms with E-state index in [-0.39, 0.29) is 15.4 Å². The van der Waals surface area contributed by atoms with Crippen LogP contribution in [0.1, 0.15) is 19.4 Å². The van der Waals surface area contributed by atoms with Crippen molar-refractivity contribution in [2.75, 3.05) is 19.4 Å². The Morgan fingerprint density at radius 2 is 1.76 bits per heavy atom. The van der Waals surface area contributed by atoms with Gasteiger partial charge in [-0.05, 0) is 24.1 Å². The van der Waals surface area contributed by atoms with E-state index >= 15 is 0 Å². The molecule has 3 atom stereocenters. The fourth-order valence-corrected chi connectivity index (χ4v) is 4.75. The van der Waals surface area contributed by atoms with E-state index in [1.54, 1.807) is 12.1 Å². The van der Waals surface area contributed by atoms with Gasteiger partial charge in [0, 0.05) is 9.65 Å². The highest BCUT2D eigenvalue weighted by Crippen LogP contribution is 2.50. The third-order valence-corrected chi connectivity index (χ3v) is 5.79. The molecule has 1 rings (SSSR count). The molecule has 0 fully saturated rings. The van der Waals surface area contributed by atoms with Crippen molar-refractivity contribution in [3.05, 3.63) is 29.8 Å². The summed E-state index contributed by atoms with van der Waals surface area (Å²) in [6, 6.07) is 6.88. The van der Waals surface area contributed by atoms with Crippen LogP contribution in [-0.4, -0.2) is 34.1 Å². The van der Waals surface area contributed by atoms with Crippen LogP contribution in [0, 0.1) is 0 Å². The van der Waals surface area contributed by atoms with Crippen molar-refractivity contribution in [1.29, 1.82) is 0 Å². The maximum absolute atomic E-state index is 12.6. The highest BCUT2D eigenvalue weighted by atomic mass is 79.9. The average molecular weight is 444 g/mol. The van der Waals surface area contributed by atoms with Crippen LogP contribution in [0.15, 0.2) is 24.3 Å². The van der Waals surface area contributed by atoms with Crippen LogP contribution >= 0.6 is 39.5 Å². The van der Waals surface area contributed by atoms with Crippen LogP contribution in [0.2, 0.25) is 0 Å². The predicted molar refractivity (Wildman–Crippen MR) is 93.0 cm³/mol. The number of rotatable bonds is 9. The van der Waals surface area contributed by atoms with Crippen molar-refractivity contribution >= 4 is 39.5 Å². The topological polar surface area (TPSA) is 55.8 Å². The molecule has 1 aromatic carbocycles. The number of phenolic OH excluding ortho intramolecular Hbond substituents is 1. The molecule has 21 heavy (non-hydrogen) atoms. The molecule has 0 aromatic heterocycles. The van der Waals surface area contributed by atoms with E-state index in [1.807, 2.05) is 26.0 Å². The van der Waals surface area contributed by atoms with Crippen LogP contribution in [0.25, 0.3) is 0 Å². The van der Waals surface area contributed by atoms with Gasteiger partial charge >= 0.3 is 7.60 Å². The molecule has 0 saturated carbocycles. The zero-order valence-corrected chi connectivity index (χ0v) is 16.2. The van der Waals surface area contributed by atoms with Gasteiger partial charge in [-0.2, -0.15) is 0 Å². The summed E-state index contributed by atoms with van der Waals surface area (Å²) in [6.45, 7) is 4.50. The number of benzene rings is 1. The molecule has 0 spiro atoms. The standard InChI is InChI=1S/C14H21Br2O4P/c1-11(15)9-20-21(18,10-12(2)16)19-8-7-13-3-5-14(17)6-4-13/h3-6,11-12,17H,7-10H2,1-2H3. The predicted octanol–water partition coefficient (Wildman–Crippen LogP) is 4.73. The van der Waals surface area contributed by atoms with Gasteiger partial charge in [-0.25, -0.2) is 0 Å². The molecule has 0 aliphatic heterocycles. The van der Waals surface area contributed by atoms with Gasteiger partial charge in [0.2, 0.25) is 0 Å². The molecular weight excluding hydrogens is 423 g/mol. The van der Waals surface area contributed by atoms with Crippen LogP contribution < -0.4 is 0 Å². The average Bonchev–Trinajstić information content (AvgIpc) is 2.38. The Balaban J connectivity index is 2.52. The van der Waals surface area contributed by atoms with E-state index in [4.69, 9.17) is 9.05 Å². The summed E-state index contributed by atoms with van der Waals surface area (Å²) in [6.07, 6.45) is 0.955. The Labute approximate surface area is 143 Å². The van der Waals surface area contributed by atoms with E-state index < -0.39 is 7.60 Å². The van der Waals surface area contributed by atoms with Crippen molar-refractivity contribution < 1.29 is 18.7 Å². The van der Waals surface area contributed by atoms with Gasteiger partial charge in [0.25, 0.3) is 0 Å². The quantitative estimate of drug-likeness (QED) is 0.442. The fourth-order valence-electron chi connectivity index (χ4n) is 1.63. The lowest BCUT2D eigenvalue weighted by molar-refractivity contribution is 0.208. The van der Waals surface area contributed by atoms with Crippen molar-refractivity contribution in [2.45, 2.75) is 29.9 Å². The Hall–Kier alpha value is 0.130. The molecular formula is C14H21Br2O4P. The fraction of sp³-hybridized carbons (Fsp3) is 0.571. The number of hydrogen-bond acceptors (Lipinski definition) is 4. The van der Waals surface area contributed by atoms with Gasteiger partial charge < -0.3 is 14.2 Å². The summed E-state index contributed by atoms with van der Waals surface area (Å²) in [5.41, 5.74) is 1.01. The minimum atomic E-state index is -3.10. The summed E-state index contributed by atoms with van der Waals surface area (Å²) in [5.74, 6) is 0.230. The third kappa shape index (κ3) is 8.36. The molecule has 0 radical (unpaired) electrons. The molecule has 0 saturated heterocycles. The van der Waals surface area contributed by atoms with E-state index in [9.17, 15) is 9.67 Å². The summed E-state index contributed by atoms with van der Waals surface area (Å²) in [7, 11) is -3.10. The van der Waals surface area contributed by atoms with Gasteiger partial charge in [0.05, 0.1) is 19.4 Å². The SMILES string of the molecule is CC(Br)COP(=O)(CC(C)Br)OCCc1ccc(O)cc1. The molecule has 1 aromatic rings. The lowest BCUT2D eigenvalue weighted by Gasteiger charge is -2.20. The van der Waals surface area contributed by atoms with Crippen molar-refractivity contribution in [2.24, 2.45) is 0 Å². The first-order valence-corrected chi connectivity index (χ1v) is 10.3. The van der Waals surface area contributed by atoms with Gasteiger partial charge in [-0.3, -0.25) is 4.57 Å². The molecule has 4 nitrogen and oxygen atoms in total. The molecule has 0 bridgehead atoms. The van der Waals surface area contributed by atoms with Gasteiger partial charge in [-0.15, -0.1) is 0 Å². The van der Waals surface area contributed by atoms with Crippen LogP contribution in [-0.2, 0) is 20.0 Å². The molecule has 0 heterocycles. The first-order valence-electron chi connectivity index (χ1n) is 6.75. The molecule has 1 N–H and O–H groups in total. The Morgan fingerprint density at radius 1 is 1.14 bits per heavy atom. The lowest BCUT2D eigenvalue weighted by Crippen LogP contribution is -2.11. The maximum atomic E-state index is 12.6. The van der Waals surface area contributed by atoms with Crippen molar-refractivity contribution in [1.82, 2.24) is 0 Å². The zero-order valence-electron chi connectivity index (χ0n) is 12.2. The molecule has 3 unspecified atom stereocenters. The Morgan fingerprint density at radius 3 is 2.29 bits per heavy atom. The summed E-state index contributed by atoms with van der Waals surface area (Å²) in [4.78, 5) is 0.180. The number of aromatic hydroxyl groups is 1. The van der Waals surface area contributed by atoms with E-state index in [1.165, 1.54) is 0 Å². The minimum absolute atomic E-state index is 0.0580. The van der Waals surface area contributed by atoms with Crippen LogP contribution in [0.4, 0.5) is 0 Å². The van der Waals surface area contributed by atoms with Gasteiger partial charge in [-0.1, -0.05) is 57.8 Å². The van der Waals surface area contributed by atoms with Crippen LogP contribution in [0.5, 0.6) is 5.75 Å². The third-order valence-electron chi connectivity index (χ3n) is 2.59. The number of halogens is 2. The Bertz CT molecular complexity index is 463. The molecule has 0 aliphatic rings. The summed E-state index contributed by atoms with van der Waals surface area (Å²) in [5, 5.41) is 9.23. The minimum Gasteiger partial charge on any atom is -0.508 e. The highest BCUT2D eigenvalue weighted by molar-refractivity contribution is 9.09. The molecule has 120 valence electrons. The number of phenols is 1. The van der Waals surface area contributed by atoms with Crippen molar-refractivity contribution in [3.8, 4) is 5.75 Å². The molecule has 0 amide bonds. The number of hydrogen-bond donors (Lipinski definition) is 1. The maximum Gasteiger partial charge on any atom is 0.331 e. The second-order valence-electron chi connectivity index (χ2n) is 4.90. The first kappa shape index (κ1) is 19.2. The second kappa shape index (κ2) is 9.31.